The summed E-state index contributed by atoms with van der Waals surface area (Å²) in [6.07, 6.45) is 1.79. The third-order valence-electron chi connectivity index (χ3n) is 3.26. The average Bonchev–Trinajstić information content (AvgIpc) is 1.99. The average molecular weight is 171 g/mol. The van der Waals surface area contributed by atoms with Crippen molar-refractivity contribution in [2.75, 3.05) is 0 Å². The van der Waals surface area contributed by atoms with E-state index in [9.17, 15) is 5.11 Å². The van der Waals surface area contributed by atoms with Crippen molar-refractivity contribution in [1.82, 2.24) is 0 Å². The fourth-order valence-corrected chi connectivity index (χ4v) is 2.12. The lowest BCUT2D eigenvalue weighted by atomic mass is 9.73. The molecule has 1 rings (SSSR count). The highest BCUT2D eigenvalue weighted by molar-refractivity contribution is 4.87. The highest BCUT2D eigenvalue weighted by Gasteiger charge is 2.32. The minimum Gasteiger partial charge on any atom is -0.391 e. The maximum atomic E-state index is 9.64. The molecule has 72 valence electrons. The van der Waals surface area contributed by atoms with Crippen LogP contribution in [0, 0.1) is 17.8 Å². The standard InChI is InChI=1S/C10H21NO/c1-6(2)8-4-7(3)10(11)9(12)5-8/h6-10,12H,4-5,11H2,1-3H3/t7?,8-,9?,10+/m0/s1. The van der Waals surface area contributed by atoms with E-state index in [1.807, 2.05) is 0 Å². The fourth-order valence-electron chi connectivity index (χ4n) is 2.12. The summed E-state index contributed by atoms with van der Waals surface area (Å²) < 4.78 is 0. The monoisotopic (exact) mass is 171 g/mol. The van der Waals surface area contributed by atoms with Crippen LogP contribution >= 0.6 is 0 Å². The van der Waals surface area contributed by atoms with Crippen molar-refractivity contribution in [3.8, 4) is 0 Å². The van der Waals surface area contributed by atoms with Crippen LogP contribution in [0.1, 0.15) is 33.6 Å². The van der Waals surface area contributed by atoms with Crippen molar-refractivity contribution in [3.63, 3.8) is 0 Å². The number of aliphatic hydroxyl groups is 1. The van der Waals surface area contributed by atoms with Gasteiger partial charge >= 0.3 is 0 Å². The van der Waals surface area contributed by atoms with Crippen molar-refractivity contribution < 1.29 is 5.11 Å². The molecule has 0 aromatic rings. The lowest BCUT2D eigenvalue weighted by Gasteiger charge is -2.37. The van der Waals surface area contributed by atoms with Gasteiger partial charge in [0.05, 0.1) is 6.10 Å². The Morgan fingerprint density at radius 3 is 2.33 bits per heavy atom. The molecule has 0 spiro atoms. The molecule has 0 saturated heterocycles. The van der Waals surface area contributed by atoms with Gasteiger partial charge in [-0.1, -0.05) is 20.8 Å². The predicted molar refractivity (Wildman–Crippen MR) is 50.7 cm³/mol. The second kappa shape index (κ2) is 3.75. The SMILES string of the molecule is CC(C)[C@H]1CC(C)[C@@H](N)C(O)C1. The molecule has 2 heteroatoms. The molecule has 3 N–H and O–H groups in total. The van der Waals surface area contributed by atoms with E-state index < -0.39 is 0 Å². The molecular formula is C10H21NO. The second-order valence-corrected chi connectivity index (χ2v) is 4.60. The van der Waals surface area contributed by atoms with Gasteiger partial charge in [0.2, 0.25) is 0 Å². The molecule has 2 unspecified atom stereocenters. The zero-order valence-corrected chi connectivity index (χ0v) is 8.33. The molecule has 1 fully saturated rings. The number of hydrogen-bond acceptors (Lipinski definition) is 2. The van der Waals surface area contributed by atoms with Gasteiger partial charge in [-0.25, -0.2) is 0 Å². The largest absolute Gasteiger partial charge is 0.391 e. The van der Waals surface area contributed by atoms with Crippen molar-refractivity contribution in [3.05, 3.63) is 0 Å². The quantitative estimate of drug-likeness (QED) is 0.626. The van der Waals surface area contributed by atoms with Gasteiger partial charge in [0.1, 0.15) is 0 Å². The van der Waals surface area contributed by atoms with Crippen molar-refractivity contribution in [1.29, 1.82) is 0 Å². The Morgan fingerprint density at radius 2 is 1.92 bits per heavy atom. The third kappa shape index (κ3) is 1.99. The van der Waals surface area contributed by atoms with Crippen molar-refractivity contribution in [2.45, 2.75) is 45.8 Å². The highest BCUT2D eigenvalue weighted by atomic mass is 16.3. The maximum Gasteiger partial charge on any atom is 0.0696 e. The van der Waals surface area contributed by atoms with Crippen LogP contribution in [-0.2, 0) is 0 Å². The zero-order chi connectivity index (χ0) is 9.30. The molecule has 1 aliphatic rings. The number of nitrogens with two attached hydrogens (primary N) is 1. The summed E-state index contributed by atoms with van der Waals surface area (Å²) in [5.74, 6) is 1.81. The molecule has 1 saturated carbocycles. The number of hydrogen-bond donors (Lipinski definition) is 2. The third-order valence-corrected chi connectivity index (χ3v) is 3.26. The van der Waals surface area contributed by atoms with Gasteiger partial charge in [-0.2, -0.15) is 0 Å². The summed E-state index contributed by atoms with van der Waals surface area (Å²) in [5.41, 5.74) is 5.83. The number of aliphatic hydroxyl groups excluding tert-OH is 1. The lowest BCUT2D eigenvalue weighted by Crippen LogP contribution is -2.46. The maximum absolute atomic E-state index is 9.64. The molecule has 0 radical (unpaired) electrons. The van der Waals surface area contributed by atoms with Gasteiger partial charge in [-0.05, 0) is 30.6 Å². The van der Waals surface area contributed by atoms with Crippen LogP contribution in [0.3, 0.4) is 0 Å². The van der Waals surface area contributed by atoms with Crippen molar-refractivity contribution in [2.24, 2.45) is 23.5 Å². The second-order valence-electron chi connectivity index (χ2n) is 4.60. The van der Waals surface area contributed by atoms with Crippen LogP contribution in [0.4, 0.5) is 0 Å². The molecule has 1 aliphatic carbocycles. The molecule has 0 aliphatic heterocycles. The lowest BCUT2D eigenvalue weighted by molar-refractivity contribution is 0.0391. The minimum absolute atomic E-state index is 0.000000000000000222. The molecule has 0 aromatic heterocycles. The van der Waals surface area contributed by atoms with E-state index in [0.717, 1.165) is 6.42 Å². The molecule has 12 heavy (non-hydrogen) atoms. The van der Waals surface area contributed by atoms with Crippen LogP contribution in [0.5, 0.6) is 0 Å². The molecule has 0 amide bonds. The first-order valence-electron chi connectivity index (χ1n) is 4.96. The first-order valence-corrected chi connectivity index (χ1v) is 4.96. The van der Waals surface area contributed by atoms with Crippen LogP contribution < -0.4 is 5.73 Å². The van der Waals surface area contributed by atoms with Gasteiger partial charge in [0.15, 0.2) is 0 Å². The Labute approximate surface area is 75.2 Å². The number of rotatable bonds is 1. The summed E-state index contributed by atoms with van der Waals surface area (Å²) in [7, 11) is 0. The van der Waals surface area contributed by atoms with Gasteiger partial charge in [-0.3, -0.25) is 0 Å². The van der Waals surface area contributed by atoms with Crippen LogP contribution in [0.2, 0.25) is 0 Å². The van der Waals surface area contributed by atoms with Gasteiger partial charge in [0, 0.05) is 6.04 Å². The Balaban J connectivity index is 2.53. The molecule has 4 atom stereocenters. The van der Waals surface area contributed by atoms with E-state index in [-0.39, 0.29) is 12.1 Å². The van der Waals surface area contributed by atoms with E-state index in [2.05, 4.69) is 20.8 Å². The minimum atomic E-state index is -0.277. The summed E-state index contributed by atoms with van der Waals surface area (Å²) in [6, 6.07) is -0.000000000000000222. The van der Waals surface area contributed by atoms with E-state index in [0.29, 0.717) is 17.8 Å². The Hall–Kier alpha value is -0.0800. The first-order chi connectivity index (χ1) is 5.52. The van der Waals surface area contributed by atoms with E-state index >= 15 is 0 Å². The zero-order valence-electron chi connectivity index (χ0n) is 8.33. The van der Waals surface area contributed by atoms with E-state index in [1.165, 1.54) is 6.42 Å². The van der Waals surface area contributed by atoms with Gasteiger partial charge in [0.25, 0.3) is 0 Å². The summed E-state index contributed by atoms with van der Waals surface area (Å²) >= 11 is 0. The van der Waals surface area contributed by atoms with Crippen LogP contribution in [-0.4, -0.2) is 17.3 Å². The summed E-state index contributed by atoms with van der Waals surface area (Å²) in [4.78, 5) is 0. The molecule has 2 nitrogen and oxygen atoms in total. The topological polar surface area (TPSA) is 46.2 Å². The van der Waals surface area contributed by atoms with Crippen molar-refractivity contribution >= 4 is 0 Å². The van der Waals surface area contributed by atoms with Gasteiger partial charge < -0.3 is 10.8 Å². The summed E-state index contributed by atoms with van der Waals surface area (Å²) in [5, 5.41) is 9.64. The smallest absolute Gasteiger partial charge is 0.0696 e. The van der Waals surface area contributed by atoms with E-state index in [1.54, 1.807) is 0 Å². The molecule has 0 aromatic carbocycles. The predicted octanol–water partition coefficient (Wildman–Crippen LogP) is 1.38. The molecular weight excluding hydrogens is 150 g/mol. The van der Waals surface area contributed by atoms with E-state index in [4.69, 9.17) is 5.73 Å². The Morgan fingerprint density at radius 1 is 1.33 bits per heavy atom. The Kier molecular flexibility index (Phi) is 3.13. The van der Waals surface area contributed by atoms with Crippen LogP contribution in [0.15, 0.2) is 0 Å². The highest BCUT2D eigenvalue weighted by Crippen LogP contribution is 2.32. The van der Waals surface area contributed by atoms with Crippen LogP contribution in [0.25, 0.3) is 0 Å². The normalized spacial score (nSPS) is 43.5. The Bertz CT molecular complexity index is 135. The molecule has 0 heterocycles. The molecule has 0 bridgehead atoms. The fraction of sp³-hybridized carbons (Fsp3) is 1.00. The first kappa shape index (κ1) is 10.0. The van der Waals surface area contributed by atoms with Gasteiger partial charge in [-0.15, -0.1) is 0 Å². The summed E-state index contributed by atoms with van der Waals surface area (Å²) in [6.45, 7) is 6.59.